The fourth-order valence-electron chi connectivity index (χ4n) is 2.30. The van der Waals surface area contributed by atoms with Gasteiger partial charge in [-0.05, 0) is 24.5 Å². The number of pyridine rings is 1. The van der Waals surface area contributed by atoms with Gasteiger partial charge >= 0.3 is 0 Å². The molecule has 1 nitrogen and oxygen atoms in total. The van der Waals surface area contributed by atoms with Gasteiger partial charge < -0.3 is 0 Å². The lowest BCUT2D eigenvalue weighted by Gasteiger charge is -2.04. The predicted molar refractivity (Wildman–Crippen MR) is 74.4 cm³/mol. The standard InChI is InChI=1S/C15H14NS/c1-16-10-11-5-3-4-6-13(11)14-9-12(17-2)7-8-15(14)16/h3-10H,1-2H3/q+1. The minimum Gasteiger partial charge on any atom is -0.200 e. The molecule has 0 unspecified atom stereocenters. The summed E-state index contributed by atoms with van der Waals surface area (Å²) in [5, 5.41) is 3.95. The average molecular weight is 240 g/mol. The first kappa shape index (κ1) is 10.6. The van der Waals surface area contributed by atoms with Crippen LogP contribution in [0.4, 0.5) is 0 Å². The highest BCUT2D eigenvalue weighted by molar-refractivity contribution is 7.98. The predicted octanol–water partition coefficient (Wildman–Crippen LogP) is 3.54. The quantitative estimate of drug-likeness (QED) is 0.357. The van der Waals surface area contributed by atoms with Gasteiger partial charge in [0.2, 0.25) is 5.52 Å². The van der Waals surface area contributed by atoms with Crippen LogP contribution in [0.2, 0.25) is 0 Å². The molecule has 17 heavy (non-hydrogen) atoms. The van der Waals surface area contributed by atoms with Gasteiger partial charge in [0, 0.05) is 21.7 Å². The van der Waals surface area contributed by atoms with Crippen LogP contribution >= 0.6 is 11.8 Å². The Kier molecular flexibility index (Phi) is 2.52. The zero-order valence-electron chi connectivity index (χ0n) is 9.97. The molecule has 0 bridgehead atoms. The third kappa shape index (κ3) is 1.69. The highest BCUT2D eigenvalue weighted by atomic mass is 32.2. The molecule has 3 rings (SSSR count). The van der Waals surface area contributed by atoms with Crippen molar-refractivity contribution in [1.29, 1.82) is 0 Å². The Bertz CT molecular complexity index is 704. The van der Waals surface area contributed by atoms with Crippen LogP contribution in [0.25, 0.3) is 21.7 Å². The lowest BCUT2D eigenvalue weighted by atomic mass is 10.1. The van der Waals surface area contributed by atoms with Crippen molar-refractivity contribution >= 4 is 33.4 Å². The van der Waals surface area contributed by atoms with E-state index in [1.165, 1.54) is 26.6 Å². The molecule has 0 amide bonds. The van der Waals surface area contributed by atoms with Gasteiger partial charge in [0.25, 0.3) is 0 Å². The third-order valence-corrected chi connectivity index (χ3v) is 3.89. The summed E-state index contributed by atoms with van der Waals surface area (Å²) in [5.41, 5.74) is 1.28. The molecule has 0 aliphatic heterocycles. The molecular weight excluding hydrogens is 226 g/mol. The molecule has 0 N–H and O–H groups in total. The number of aromatic nitrogens is 1. The van der Waals surface area contributed by atoms with Crippen molar-refractivity contribution < 1.29 is 4.57 Å². The molecule has 0 aliphatic carbocycles. The second kappa shape index (κ2) is 4.04. The highest BCUT2D eigenvalue weighted by Gasteiger charge is 2.10. The van der Waals surface area contributed by atoms with E-state index in [4.69, 9.17) is 0 Å². The summed E-state index contributed by atoms with van der Waals surface area (Å²) >= 11 is 1.79. The number of thioether (sulfide) groups is 1. The Labute approximate surface area is 105 Å². The van der Waals surface area contributed by atoms with Crippen LogP contribution in [0.15, 0.2) is 53.6 Å². The van der Waals surface area contributed by atoms with Gasteiger partial charge in [-0.15, -0.1) is 11.8 Å². The summed E-state index contributed by atoms with van der Waals surface area (Å²) in [7, 11) is 2.10. The number of benzene rings is 2. The zero-order chi connectivity index (χ0) is 11.8. The van der Waals surface area contributed by atoms with E-state index in [0.717, 1.165) is 0 Å². The van der Waals surface area contributed by atoms with Gasteiger partial charge in [-0.2, -0.15) is 0 Å². The van der Waals surface area contributed by atoms with Crippen LogP contribution in [-0.4, -0.2) is 6.26 Å². The first-order valence-electron chi connectivity index (χ1n) is 5.65. The van der Waals surface area contributed by atoms with Gasteiger partial charge in [-0.1, -0.05) is 18.2 Å². The molecular formula is C15H14NS+. The van der Waals surface area contributed by atoms with Crippen LogP contribution in [-0.2, 0) is 7.05 Å². The topological polar surface area (TPSA) is 3.88 Å². The van der Waals surface area contributed by atoms with Gasteiger partial charge in [-0.25, -0.2) is 4.57 Å². The van der Waals surface area contributed by atoms with Crippen molar-refractivity contribution in [3.8, 4) is 0 Å². The second-order valence-corrected chi connectivity index (χ2v) is 5.09. The number of hydrogen-bond acceptors (Lipinski definition) is 1. The molecule has 0 saturated heterocycles. The number of fused-ring (bicyclic) bond motifs is 3. The third-order valence-electron chi connectivity index (χ3n) is 3.17. The lowest BCUT2D eigenvalue weighted by molar-refractivity contribution is -0.643. The number of hydrogen-bond donors (Lipinski definition) is 0. The molecule has 0 atom stereocenters. The maximum absolute atomic E-state index is 2.28. The van der Waals surface area contributed by atoms with Crippen molar-refractivity contribution in [2.24, 2.45) is 7.05 Å². The molecule has 1 heterocycles. The van der Waals surface area contributed by atoms with Gasteiger partial charge in [-0.3, -0.25) is 0 Å². The van der Waals surface area contributed by atoms with Gasteiger partial charge in [0.05, 0.1) is 5.39 Å². The van der Waals surface area contributed by atoms with E-state index in [1.807, 2.05) is 0 Å². The Morgan fingerprint density at radius 1 is 1.00 bits per heavy atom. The van der Waals surface area contributed by atoms with Crippen LogP contribution in [0.1, 0.15) is 0 Å². The number of aryl methyl sites for hydroxylation is 1. The van der Waals surface area contributed by atoms with Crippen molar-refractivity contribution in [2.75, 3.05) is 6.26 Å². The fraction of sp³-hybridized carbons (Fsp3) is 0.133. The maximum atomic E-state index is 2.28. The Hall–Kier alpha value is -1.54. The molecule has 3 aromatic rings. The molecule has 84 valence electrons. The van der Waals surface area contributed by atoms with Crippen LogP contribution < -0.4 is 4.57 Å². The summed E-state index contributed by atoms with van der Waals surface area (Å²) in [6.45, 7) is 0. The number of nitrogens with zero attached hydrogens (tertiary/aromatic N) is 1. The zero-order valence-corrected chi connectivity index (χ0v) is 10.8. The van der Waals surface area contributed by atoms with Crippen LogP contribution in [0, 0.1) is 0 Å². The summed E-state index contributed by atoms with van der Waals surface area (Å²) in [6, 6.07) is 15.2. The summed E-state index contributed by atoms with van der Waals surface area (Å²) in [6.07, 6.45) is 4.31. The fourth-order valence-corrected chi connectivity index (χ4v) is 2.74. The Morgan fingerprint density at radius 3 is 2.65 bits per heavy atom. The molecule has 1 aromatic heterocycles. The van der Waals surface area contributed by atoms with Crippen molar-refractivity contribution in [3.63, 3.8) is 0 Å². The SMILES string of the molecule is CSc1ccc2c(c1)c1ccccc1c[n+]2C. The normalized spacial score (nSPS) is 11.2. The lowest BCUT2D eigenvalue weighted by Crippen LogP contribution is -2.28. The van der Waals surface area contributed by atoms with E-state index in [2.05, 4.69) is 66.5 Å². The van der Waals surface area contributed by atoms with E-state index >= 15 is 0 Å². The van der Waals surface area contributed by atoms with Crippen LogP contribution in [0.5, 0.6) is 0 Å². The summed E-state index contributed by atoms with van der Waals surface area (Å²) in [5.74, 6) is 0. The summed E-state index contributed by atoms with van der Waals surface area (Å²) in [4.78, 5) is 1.31. The van der Waals surface area contributed by atoms with E-state index < -0.39 is 0 Å². The molecule has 0 saturated carbocycles. The number of rotatable bonds is 1. The first-order chi connectivity index (χ1) is 8.29. The molecule has 0 spiro atoms. The van der Waals surface area contributed by atoms with Gasteiger partial charge in [0.15, 0.2) is 6.20 Å². The molecule has 2 heteroatoms. The van der Waals surface area contributed by atoms with E-state index in [0.29, 0.717) is 0 Å². The minimum absolute atomic E-state index is 1.28. The minimum atomic E-state index is 1.28. The molecule has 0 aliphatic rings. The second-order valence-electron chi connectivity index (χ2n) is 4.21. The van der Waals surface area contributed by atoms with Crippen LogP contribution in [0.3, 0.4) is 0 Å². The summed E-state index contributed by atoms with van der Waals surface area (Å²) < 4.78 is 2.20. The average Bonchev–Trinajstić information content (AvgIpc) is 2.38. The van der Waals surface area contributed by atoms with Crippen molar-refractivity contribution in [2.45, 2.75) is 4.90 Å². The monoisotopic (exact) mass is 240 g/mol. The highest BCUT2D eigenvalue weighted by Crippen LogP contribution is 2.26. The Balaban J connectivity index is 2.52. The van der Waals surface area contributed by atoms with E-state index in [1.54, 1.807) is 11.8 Å². The largest absolute Gasteiger partial charge is 0.212 e. The van der Waals surface area contributed by atoms with E-state index in [9.17, 15) is 0 Å². The Morgan fingerprint density at radius 2 is 1.82 bits per heavy atom. The van der Waals surface area contributed by atoms with Crippen molar-refractivity contribution in [1.82, 2.24) is 0 Å². The van der Waals surface area contributed by atoms with E-state index in [-0.39, 0.29) is 0 Å². The van der Waals surface area contributed by atoms with Gasteiger partial charge in [0.1, 0.15) is 7.05 Å². The molecule has 2 aromatic carbocycles. The van der Waals surface area contributed by atoms with Crippen molar-refractivity contribution in [3.05, 3.63) is 48.7 Å². The smallest absolute Gasteiger partial charge is 0.200 e. The maximum Gasteiger partial charge on any atom is 0.212 e. The first-order valence-corrected chi connectivity index (χ1v) is 6.87. The molecule has 0 radical (unpaired) electrons. The molecule has 0 fully saturated rings.